The number of nitrogens with one attached hydrogen (secondary N) is 1. The third-order valence-electron chi connectivity index (χ3n) is 3.41. The summed E-state index contributed by atoms with van der Waals surface area (Å²) in [5.41, 5.74) is 4.75. The molecule has 0 spiro atoms. The number of halogens is 1. The third-order valence-corrected chi connectivity index (χ3v) is 3.99. The van der Waals surface area contributed by atoms with E-state index >= 15 is 0 Å². The second-order valence-corrected chi connectivity index (χ2v) is 5.70. The zero-order chi connectivity index (χ0) is 14.1. The van der Waals surface area contributed by atoms with Crippen molar-refractivity contribution in [3.05, 3.63) is 64.1 Å². The Balaban J connectivity index is 1.89. The van der Waals surface area contributed by atoms with Crippen molar-refractivity contribution in [1.29, 1.82) is 0 Å². The summed E-state index contributed by atoms with van der Waals surface area (Å²) in [6.07, 6.45) is 2.03. The molecule has 1 N–H and O–H groups in total. The van der Waals surface area contributed by atoms with Crippen LogP contribution in [0, 0.1) is 13.8 Å². The number of aromatic nitrogens is 2. The molecule has 1 aromatic carbocycles. The molecule has 0 bridgehead atoms. The molecule has 0 aliphatic rings. The average Bonchev–Trinajstić information content (AvgIpc) is 2.77. The molecule has 0 fully saturated rings. The van der Waals surface area contributed by atoms with Crippen LogP contribution < -0.4 is 5.32 Å². The molecule has 2 aromatic heterocycles. The first-order chi connectivity index (χ1) is 9.65. The summed E-state index contributed by atoms with van der Waals surface area (Å²) in [6.45, 7) is 4.91. The fourth-order valence-electron chi connectivity index (χ4n) is 2.29. The van der Waals surface area contributed by atoms with Gasteiger partial charge in [-0.1, -0.05) is 18.2 Å². The lowest BCUT2D eigenvalue weighted by molar-refractivity contribution is 0.938. The number of fused-ring (bicyclic) bond motifs is 1. The van der Waals surface area contributed by atoms with Crippen LogP contribution in [-0.4, -0.2) is 9.38 Å². The molecular formula is C16H16BrN3. The van der Waals surface area contributed by atoms with E-state index < -0.39 is 0 Å². The highest BCUT2D eigenvalue weighted by Crippen LogP contribution is 2.21. The van der Waals surface area contributed by atoms with Crippen molar-refractivity contribution < 1.29 is 0 Å². The van der Waals surface area contributed by atoms with Gasteiger partial charge in [0.05, 0.1) is 12.1 Å². The maximum atomic E-state index is 4.57. The lowest BCUT2D eigenvalue weighted by atomic mass is 10.1. The minimum atomic E-state index is 0.696. The van der Waals surface area contributed by atoms with Gasteiger partial charge in [-0.15, -0.1) is 0 Å². The number of hydrogen-bond donors (Lipinski definition) is 1. The number of aryl methyl sites for hydroxylation is 2. The Morgan fingerprint density at radius 2 is 2.05 bits per heavy atom. The zero-order valence-corrected chi connectivity index (χ0v) is 13.1. The first kappa shape index (κ1) is 13.2. The van der Waals surface area contributed by atoms with Gasteiger partial charge in [0.2, 0.25) is 0 Å². The van der Waals surface area contributed by atoms with Gasteiger partial charge in [0.15, 0.2) is 0 Å². The molecule has 0 saturated heterocycles. The number of rotatable bonds is 3. The Hall–Kier alpha value is -1.81. The summed E-state index contributed by atoms with van der Waals surface area (Å²) >= 11 is 3.51. The highest BCUT2D eigenvalue weighted by molar-refractivity contribution is 9.10. The fraction of sp³-hybridized carbons (Fsp3) is 0.188. The molecule has 4 heteroatoms. The first-order valence-corrected chi connectivity index (χ1v) is 7.37. The Labute approximate surface area is 126 Å². The maximum Gasteiger partial charge on any atom is 0.134 e. The highest BCUT2D eigenvalue weighted by Gasteiger charge is 2.08. The molecule has 3 rings (SSSR count). The molecule has 102 valence electrons. The van der Waals surface area contributed by atoms with Crippen LogP contribution in [0.2, 0.25) is 0 Å². The second-order valence-electron chi connectivity index (χ2n) is 4.95. The Morgan fingerprint density at radius 1 is 1.20 bits per heavy atom. The molecule has 3 aromatic rings. The first-order valence-electron chi connectivity index (χ1n) is 6.58. The molecule has 0 radical (unpaired) electrons. The largest absolute Gasteiger partial charge is 0.378 e. The predicted molar refractivity (Wildman–Crippen MR) is 86.1 cm³/mol. The summed E-state index contributed by atoms with van der Waals surface area (Å²) in [6, 6.07) is 12.5. The molecule has 0 atom stereocenters. The predicted octanol–water partition coefficient (Wildman–Crippen LogP) is 4.33. The molecule has 2 heterocycles. The van der Waals surface area contributed by atoms with Crippen LogP contribution in [0.5, 0.6) is 0 Å². The van der Waals surface area contributed by atoms with Gasteiger partial charge in [-0.05, 0) is 59.1 Å². The van der Waals surface area contributed by atoms with E-state index in [0.717, 1.165) is 21.6 Å². The van der Waals surface area contributed by atoms with E-state index in [1.807, 2.05) is 18.3 Å². The number of pyridine rings is 1. The fourth-order valence-corrected chi connectivity index (χ4v) is 2.81. The number of imidazole rings is 1. The molecule has 0 aliphatic carbocycles. The van der Waals surface area contributed by atoms with Crippen molar-refractivity contribution in [2.75, 3.05) is 5.32 Å². The van der Waals surface area contributed by atoms with Crippen LogP contribution in [0.3, 0.4) is 0 Å². The monoisotopic (exact) mass is 329 g/mol. The molecule has 0 unspecified atom stereocenters. The quantitative estimate of drug-likeness (QED) is 0.775. The van der Waals surface area contributed by atoms with E-state index in [1.165, 1.54) is 11.1 Å². The number of hydrogen-bond acceptors (Lipinski definition) is 2. The number of benzene rings is 1. The smallest absolute Gasteiger partial charge is 0.134 e. The van der Waals surface area contributed by atoms with E-state index in [-0.39, 0.29) is 0 Å². The van der Waals surface area contributed by atoms with Crippen molar-refractivity contribution in [1.82, 2.24) is 9.38 Å². The Morgan fingerprint density at radius 3 is 2.90 bits per heavy atom. The number of nitrogens with zero attached hydrogens (tertiary/aromatic N) is 2. The van der Waals surface area contributed by atoms with Gasteiger partial charge in [0, 0.05) is 11.9 Å². The van der Waals surface area contributed by atoms with Crippen molar-refractivity contribution in [3.63, 3.8) is 0 Å². The molecule has 0 amide bonds. The van der Waals surface area contributed by atoms with Gasteiger partial charge in [0.25, 0.3) is 0 Å². The van der Waals surface area contributed by atoms with Crippen LogP contribution in [0.15, 0.2) is 47.2 Å². The highest BCUT2D eigenvalue weighted by atomic mass is 79.9. The second kappa shape index (κ2) is 5.29. The van der Waals surface area contributed by atoms with Crippen LogP contribution in [0.4, 0.5) is 5.69 Å². The van der Waals surface area contributed by atoms with Crippen molar-refractivity contribution in [2.24, 2.45) is 0 Å². The van der Waals surface area contributed by atoms with Gasteiger partial charge in [0.1, 0.15) is 10.4 Å². The summed E-state index contributed by atoms with van der Waals surface area (Å²) in [4.78, 5) is 4.57. The maximum absolute atomic E-state index is 4.57. The summed E-state index contributed by atoms with van der Waals surface area (Å²) in [7, 11) is 0. The van der Waals surface area contributed by atoms with Crippen molar-refractivity contribution >= 4 is 27.1 Å². The van der Waals surface area contributed by atoms with E-state index in [1.54, 1.807) is 0 Å². The van der Waals surface area contributed by atoms with Gasteiger partial charge in [-0.2, -0.15) is 0 Å². The Bertz CT molecular complexity index is 762. The van der Waals surface area contributed by atoms with E-state index in [9.17, 15) is 0 Å². The lowest BCUT2D eigenvalue weighted by Gasteiger charge is -2.10. The molecule has 0 saturated carbocycles. The van der Waals surface area contributed by atoms with Crippen LogP contribution in [0.1, 0.15) is 17.0 Å². The third kappa shape index (κ3) is 2.43. The van der Waals surface area contributed by atoms with E-state index in [4.69, 9.17) is 0 Å². The molecule has 0 aliphatic heterocycles. The minimum absolute atomic E-state index is 0.696. The van der Waals surface area contributed by atoms with Crippen LogP contribution in [-0.2, 0) is 6.54 Å². The average molecular weight is 330 g/mol. The van der Waals surface area contributed by atoms with E-state index in [2.05, 4.69) is 68.7 Å². The van der Waals surface area contributed by atoms with E-state index in [0.29, 0.717) is 6.54 Å². The minimum Gasteiger partial charge on any atom is -0.378 e. The Kier molecular flexibility index (Phi) is 3.49. The van der Waals surface area contributed by atoms with Crippen molar-refractivity contribution in [3.8, 4) is 0 Å². The summed E-state index contributed by atoms with van der Waals surface area (Å²) in [5, 5.41) is 3.47. The zero-order valence-electron chi connectivity index (χ0n) is 11.5. The molecule has 3 nitrogen and oxygen atoms in total. The van der Waals surface area contributed by atoms with Gasteiger partial charge in [-0.3, -0.25) is 0 Å². The topological polar surface area (TPSA) is 29.3 Å². The van der Waals surface area contributed by atoms with Crippen molar-refractivity contribution in [2.45, 2.75) is 20.4 Å². The standard InChI is InChI=1S/C16H16BrN3/c1-11-6-7-12(2)13(9-11)18-10-15-19-16(17)14-5-3-4-8-20(14)15/h3-9,18H,10H2,1-2H3. The summed E-state index contributed by atoms with van der Waals surface area (Å²) < 4.78 is 2.98. The SMILES string of the molecule is Cc1ccc(C)c(NCc2nc(Br)c3ccccn23)c1. The summed E-state index contributed by atoms with van der Waals surface area (Å²) in [5.74, 6) is 0.994. The molecular weight excluding hydrogens is 314 g/mol. The van der Waals surface area contributed by atoms with Gasteiger partial charge in [-0.25, -0.2) is 4.98 Å². The van der Waals surface area contributed by atoms with Gasteiger partial charge < -0.3 is 9.72 Å². The van der Waals surface area contributed by atoms with Crippen LogP contribution >= 0.6 is 15.9 Å². The lowest BCUT2D eigenvalue weighted by Crippen LogP contribution is -2.05. The van der Waals surface area contributed by atoms with Gasteiger partial charge >= 0.3 is 0 Å². The molecule has 20 heavy (non-hydrogen) atoms. The van der Waals surface area contributed by atoms with Crippen LogP contribution in [0.25, 0.3) is 5.52 Å². The normalized spacial score (nSPS) is 10.9. The number of anilines is 1.